The number of anilines is 2. The quantitative estimate of drug-likeness (QED) is 0.562. The number of aliphatic carboxylic acids is 1. The molecule has 0 aliphatic heterocycles. The van der Waals surface area contributed by atoms with Gasteiger partial charge >= 0.3 is 5.97 Å². The Morgan fingerprint density at radius 3 is 2.66 bits per heavy atom. The van der Waals surface area contributed by atoms with Crippen LogP contribution >= 0.6 is 0 Å². The molecule has 0 spiro atoms. The maximum Gasteiger partial charge on any atom is 0.303 e. The highest BCUT2D eigenvalue weighted by Gasteiger charge is 2.31. The number of aromatic nitrogens is 2. The molecule has 1 aliphatic rings. The van der Waals surface area contributed by atoms with Gasteiger partial charge in [0, 0.05) is 25.6 Å². The molecule has 1 atom stereocenters. The monoisotopic (exact) mass is 447 g/mol. The molecule has 0 saturated carbocycles. The first-order valence-electron chi connectivity index (χ1n) is 9.78. The van der Waals surface area contributed by atoms with Gasteiger partial charge in [0.05, 0.1) is 25.1 Å². The zero-order chi connectivity index (χ0) is 23.1. The Morgan fingerprint density at radius 1 is 1.25 bits per heavy atom. The number of carboxylic acids is 1. The van der Waals surface area contributed by atoms with Gasteiger partial charge in [-0.25, -0.2) is 18.7 Å². The smallest absolute Gasteiger partial charge is 0.303 e. The zero-order valence-electron chi connectivity index (χ0n) is 17.6. The number of rotatable bonds is 10. The molecule has 0 bridgehead atoms. The molecular formula is C22H23F2N3O5. The van der Waals surface area contributed by atoms with Gasteiger partial charge in [0.25, 0.3) is 0 Å². The van der Waals surface area contributed by atoms with Crippen molar-refractivity contribution in [1.29, 1.82) is 0 Å². The Labute approximate surface area is 183 Å². The summed E-state index contributed by atoms with van der Waals surface area (Å²) in [4.78, 5) is 19.0. The summed E-state index contributed by atoms with van der Waals surface area (Å²) >= 11 is 0. The van der Waals surface area contributed by atoms with Gasteiger partial charge in [-0.15, -0.1) is 0 Å². The van der Waals surface area contributed by atoms with Gasteiger partial charge in [-0.2, -0.15) is 0 Å². The highest BCUT2D eigenvalue weighted by molar-refractivity contribution is 5.67. The maximum absolute atomic E-state index is 14.5. The minimum absolute atomic E-state index is 0.00164. The van der Waals surface area contributed by atoms with Crippen molar-refractivity contribution in [3.63, 3.8) is 0 Å². The van der Waals surface area contributed by atoms with Gasteiger partial charge < -0.3 is 24.6 Å². The second-order valence-corrected chi connectivity index (χ2v) is 6.95. The first-order chi connectivity index (χ1) is 15.4. The van der Waals surface area contributed by atoms with Gasteiger partial charge in [-0.05, 0) is 24.1 Å². The Hall–Kier alpha value is -3.53. The van der Waals surface area contributed by atoms with Crippen LogP contribution in [0.25, 0.3) is 0 Å². The van der Waals surface area contributed by atoms with Crippen LogP contribution in [0.2, 0.25) is 0 Å². The number of benzene rings is 1. The third-order valence-corrected chi connectivity index (χ3v) is 4.80. The molecule has 3 rings (SSSR count). The van der Waals surface area contributed by atoms with Crippen LogP contribution in [0.4, 0.5) is 20.4 Å². The molecule has 2 aromatic rings. The molecule has 1 heterocycles. The number of hydrogen-bond acceptors (Lipinski definition) is 7. The van der Waals surface area contributed by atoms with Crippen LogP contribution in [-0.2, 0) is 20.7 Å². The molecule has 1 aromatic carbocycles. The van der Waals surface area contributed by atoms with Crippen molar-refractivity contribution in [1.82, 2.24) is 9.97 Å². The van der Waals surface area contributed by atoms with Crippen LogP contribution in [0.1, 0.15) is 18.4 Å². The first kappa shape index (κ1) is 23.1. The molecule has 0 amide bonds. The number of ether oxygens (including phenoxy) is 3. The van der Waals surface area contributed by atoms with E-state index in [1.54, 1.807) is 12.1 Å². The predicted molar refractivity (Wildman–Crippen MR) is 112 cm³/mol. The van der Waals surface area contributed by atoms with E-state index in [-0.39, 0.29) is 42.5 Å². The summed E-state index contributed by atoms with van der Waals surface area (Å²) < 4.78 is 44.4. The van der Waals surface area contributed by atoms with Crippen molar-refractivity contribution in [2.75, 3.05) is 26.1 Å². The van der Waals surface area contributed by atoms with Crippen molar-refractivity contribution in [3.05, 3.63) is 65.2 Å². The predicted octanol–water partition coefficient (Wildman–Crippen LogP) is 4.09. The highest BCUT2D eigenvalue weighted by Crippen LogP contribution is 2.34. The summed E-state index contributed by atoms with van der Waals surface area (Å²) in [5, 5.41) is 11.8. The fourth-order valence-electron chi connectivity index (χ4n) is 3.10. The Morgan fingerprint density at radius 2 is 2.00 bits per heavy atom. The fraction of sp³-hybridized carbons (Fsp3) is 0.318. The molecule has 8 nitrogen and oxygen atoms in total. The number of nitrogens with one attached hydrogen (secondary N) is 1. The largest absolute Gasteiger partial charge is 0.498 e. The molecule has 1 unspecified atom stereocenters. The summed E-state index contributed by atoms with van der Waals surface area (Å²) in [6.45, 7) is -0.383. The summed E-state index contributed by atoms with van der Waals surface area (Å²) in [5.41, 5.74) is 1.28. The van der Waals surface area contributed by atoms with E-state index >= 15 is 0 Å². The molecule has 1 aliphatic carbocycles. The summed E-state index contributed by atoms with van der Waals surface area (Å²) in [5.74, 6) is -1.91. The number of nitrogens with zero attached hydrogens (tertiary/aromatic N) is 2. The average Bonchev–Trinajstić information content (AvgIpc) is 2.79. The third kappa shape index (κ3) is 5.79. The van der Waals surface area contributed by atoms with Crippen LogP contribution in [0.3, 0.4) is 0 Å². The molecular weight excluding hydrogens is 424 g/mol. The second kappa shape index (κ2) is 10.7. The average molecular weight is 447 g/mol. The van der Waals surface area contributed by atoms with E-state index in [0.717, 1.165) is 5.56 Å². The van der Waals surface area contributed by atoms with Crippen molar-refractivity contribution >= 4 is 17.6 Å². The van der Waals surface area contributed by atoms with Crippen LogP contribution in [0.15, 0.2) is 59.6 Å². The standard InChI is InChI=1S/C22H23F2N3O5/c1-30-17-9-18(31-2)21(24)16(20(17)23)12-32-15-10-25-22(26-11-15)27-14-5-3-4-13(8-14)6-7-19(28)29/h3-5,8,10-11,17H,6-7,9,12H2,1-2H3,(H,28,29)(H,25,26,27). The van der Waals surface area contributed by atoms with Crippen molar-refractivity contribution in [3.8, 4) is 5.75 Å². The minimum atomic E-state index is -0.933. The fourth-order valence-corrected chi connectivity index (χ4v) is 3.10. The zero-order valence-corrected chi connectivity index (χ0v) is 17.6. The van der Waals surface area contributed by atoms with Gasteiger partial charge in [-0.1, -0.05) is 12.1 Å². The van der Waals surface area contributed by atoms with Gasteiger partial charge in [0.2, 0.25) is 5.95 Å². The maximum atomic E-state index is 14.5. The van der Waals surface area contributed by atoms with E-state index in [1.165, 1.54) is 26.6 Å². The van der Waals surface area contributed by atoms with Crippen LogP contribution in [0.5, 0.6) is 5.75 Å². The van der Waals surface area contributed by atoms with Gasteiger partial charge in [0.15, 0.2) is 11.6 Å². The molecule has 10 heteroatoms. The first-order valence-corrected chi connectivity index (χ1v) is 9.78. The molecule has 32 heavy (non-hydrogen) atoms. The van der Waals surface area contributed by atoms with E-state index in [9.17, 15) is 13.6 Å². The second-order valence-electron chi connectivity index (χ2n) is 6.95. The van der Waals surface area contributed by atoms with E-state index in [4.69, 9.17) is 19.3 Å². The normalized spacial score (nSPS) is 16.2. The number of aryl methyl sites for hydroxylation is 1. The minimum Gasteiger partial charge on any atom is -0.498 e. The van der Waals surface area contributed by atoms with Crippen LogP contribution in [0, 0.1) is 0 Å². The number of methoxy groups -OCH3 is 2. The Balaban J connectivity index is 1.63. The lowest BCUT2D eigenvalue weighted by atomic mass is 10.0. The van der Waals surface area contributed by atoms with Crippen LogP contribution < -0.4 is 10.1 Å². The van der Waals surface area contributed by atoms with E-state index < -0.39 is 23.7 Å². The topological polar surface area (TPSA) is 103 Å². The number of hydrogen-bond donors (Lipinski definition) is 2. The molecule has 0 fully saturated rings. The molecule has 0 saturated heterocycles. The number of carboxylic acid groups (broad SMARTS) is 1. The molecule has 0 radical (unpaired) electrons. The summed E-state index contributed by atoms with van der Waals surface area (Å²) in [6.07, 6.45) is 2.22. The van der Waals surface area contributed by atoms with E-state index in [1.807, 2.05) is 12.1 Å². The lowest BCUT2D eigenvalue weighted by molar-refractivity contribution is -0.136. The third-order valence-electron chi connectivity index (χ3n) is 4.80. The summed E-state index contributed by atoms with van der Waals surface area (Å²) in [7, 11) is 2.64. The Bertz CT molecular complexity index is 1020. The van der Waals surface area contributed by atoms with Gasteiger partial charge in [-0.3, -0.25) is 4.79 Å². The number of halogens is 2. The molecule has 170 valence electrons. The summed E-state index contributed by atoms with van der Waals surface area (Å²) in [6, 6.07) is 7.24. The van der Waals surface area contributed by atoms with E-state index in [2.05, 4.69) is 15.3 Å². The number of carbonyl (C=O) groups is 1. The lowest BCUT2D eigenvalue weighted by Crippen LogP contribution is -2.22. The van der Waals surface area contributed by atoms with Crippen molar-refractivity contribution in [2.24, 2.45) is 0 Å². The highest BCUT2D eigenvalue weighted by atomic mass is 19.1. The van der Waals surface area contributed by atoms with Gasteiger partial charge in [0.1, 0.15) is 24.3 Å². The van der Waals surface area contributed by atoms with Crippen LogP contribution in [-0.4, -0.2) is 48.0 Å². The SMILES string of the molecule is COC1=C(F)C(COc2cnc(Nc3cccc(CCC(=O)O)c3)nc2)=C(F)C(OC)C1. The lowest BCUT2D eigenvalue weighted by Gasteiger charge is -2.23. The molecule has 1 aromatic heterocycles. The van der Waals surface area contributed by atoms with Crippen molar-refractivity contribution < 1.29 is 32.9 Å². The Kier molecular flexibility index (Phi) is 7.72. The van der Waals surface area contributed by atoms with E-state index in [0.29, 0.717) is 12.1 Å². The molecule has 2 N–H and O–H groups in total. The van der Waals surface area contributed by atoms with Crippen molar-refractivity contribution in [2.45, 2.75) is 25.4 Å².